The fourth-order valence-electron chi connectivity index (χ4n) is 4.46. The molecule has 4 nitrogen and oxygen atoms in total. The average molecular weight is 390 g/mol. The molecule has 1 aromatic carbocycles. The van der Waals surface area contributed by atoms with Crippen LogP contribution in [-0.4, -0.2) is 60.3 Å². The van der Waals surface area contributed by atoms with Gasteiger partial charge in [-0.1, -0.05) is 26.0 Å². The summed E-state index contributed by atoms with van der Waals surface area (Å²) in [5.74, 6) is 0.464. The molecule has 2 aliphatic heterocycles. The Morgan fingerprint density at radius 3 is 2.67 bits per heavy atom. The average Bonchev–Trinajstić information content (AvgIpc) is 3.13. The highest BCUT2D eigenvalue weighted by Gasteiger charge is 2.29. The van der Waals surface area contributed by atoms with Gasteiger partial charge in [0.2, 0.25) is 0 Å². The van der Waals surface area contributed by atoms with Gasteiger partial charge in [-0.05, 0) is 88.1 Å². The van der Waals surface area contributed by atoms with Crippen molar-refractivity contribution in [3.63, 3.8) is 0 Å². The van der Waals surface area contributed by atoms with Gasteiger partial charge in [0.25, 0.3) is 0 Å². The first-order valence-electron chi connectivity index (χ1n) is 10.4. The van der Waals surface area contributed by atoms with Crippen LogP contribution in [0.1, 0.15) is 56.6 Å². The van der Waals surface area contributed by atoms with E-state index in [1.807, 2.05) is 0 Å². The number of nitrogens with zero attached hydrogens (tertiary/aromatic N) is 2. The molecule has 0 amide bonds. The molecule has 0 aromatic heterocycles. The van der Waals surface area contributed by atoms with Crippen molar-refractivity contribution in [2.75, 3.05) is 38.6 Å². The van der Waals surface area contributed by atoms with Crippen molar-refractivity contribution in [3.8, 4) is 0 Å². The van der Waals surface area contributed by atoms with Crippen molar-refractivity contribution >= 4 is 23.0 Å². The standard InChI is InChI=1S/C22H35N3OS/c1-16(2)21-17(3)7-5-9-20(21)23-22(27)25(15-19-8-6-14-26-19)18-10-12-24(4)13-11-18/h5,7,9,16,18-19H,6,8,10-15H2,1-4H3,(H,23,27). The van der Waals surface area contributed by atoms with Crippen LogP contribution in [0.5, 0.6) is 0 Å². The maximum Gasteiger partial charge on any atom is 0.173 e. The maximum atomic E-state index is 5.94. The van der Waals surface area contributed by atoms with Crippen molar-refractivity contribution in [1.29, 1.82) is 0 Å². The lowest BCUT2D eigenvalue weighted by Crippen LogP contribution is -2.50. The van der Waals surface area contributed by atoms with E-state index in [0.717, 1.165) is 56.3 Å². The number of anilines is 1. The van der Waals surface area contributed by atoms with E-state index >= 15 is 0 Å². The summed E-state index contributed by atoms with van der Waals surface area (Å²) in [7, 11) is 2.21. The van der Waals surface area contributed by atoms with E-state index in [1.165, 1.54) is 17.5 Å². The predicted molar refractivity (Wildman–Crippen MR) is 118 cm³/mol. The Kier molecular flexibility index (Phi) is 7.12. The fourth-order valence-corrected chi connectivity index (χ4v) is 4.79. The predicted octanol–water partition coefficient (Wildman–Crippen LogP) is 4.39. The van der Waals surface area contributed by atoms with Crippen molar-refractivity contribution in [2.45, 2.75) is 64.5 Å². The first kappa shape index (κ1) is 20.6. The number of rotatable bonds is 5. The summed E-state index contributed by atoms with van der Waals surface area (Å²) in [5, 5.41) is 4.46. The summed E-state index contributed by atoms with van der Waals surface area (Å²) in [4.78, 5) is 4.83. The van der Waals surface area contributed by atoms with Crippen molar-refractivity contribution < 1.29 is 4.74 Å². The molecule has 1 aromatic rings. The highest BCUT2D eigenvalue weighted by Crippen LogP contribution is 2.29. The molecule has 2 aliphatic rings. The van der Waals surface area contributed by atoms with Gasteiger partial charge in [-0.2, -0.15) is 0 Å². The molecule has 0 radical (unpaired) electrons. The number of ether oxygens (including phenoxy) is 1. The quantitative estimate of drug-likeness (QED) is 0.754. The van der Waals surface area contributed by atoms with Gasteiger partial charge in [-0.3, -0.25) is 0 Å². The monoisotopic (exact) mass is 389 g/mol. The highest BCUT2D eigenvalue weighted by molar-refractivity contribution is 7.80. The molecule has 1 unspecified atom stereocenters. The number of likely N-dealkylation sites (tertiary alicyclic amines) is 1. The van der Waals surface area contributed by atoms with E-state index in [0.29, 0.717) is 18.1 Å². The molecule has 0 bridgehead atoms. The number of hydrogen-bond donors (Lipinski definition) is 1. The normalized spacial score (nSPS) is 21.6. The number of piperidine rings is 1. The van der Waals surface area contributed by atoms with Crippen LogP contribution in [0.3, 0.4) is 0 Å². The van der Waals surface area contributed by atoms with Gasteiger partial charge in [0.15, 0.2) is 5.11 Å². The summed E-state index contributed by atoms with van der Waals surface area (Å²) >= 11 is 5.94. The lowest BCUT2D eigenvalue weighted by molar-refractivity contribution is 0.0724. The molecule has 3 rings (SSSR count). The van der Waals surface area contributed by atoms with E-state index in [-0.39, 0.29) is 0 Å². The Balaban J connectivity index is 1.77. The molecule has 2 fully saturated rings. The zero-order chi connectivity index (χ0) is 19.4. The van der Waals surface area contributed by atoms with E-state index in [4.69, 9.17) is 17.0 Å². The zero-order valence-corrected chi connectivity index (χ0v) is 18.1. The topological polar surface area (TPSA) is 27.7 Å². The van der Waals surface area contributed by atoms with Crippen molar-refractivity contribution in [3.05, 3.63) is 29.3 Å². The number of nitrogens with one attached hydrogen (secondary N) is 1. The lowest BCUT2D eigenvalue weighted by atomic mass is 9.96. The molecular formula is C22H35N3OS. The van der Waals surface area contributed by atoms with Gasteiger partial charge < -0.3 is 19.9 Å². The molecule has 2 saturated heterocycles. The third-order valence-corrected chi connectivity index (χ3v) is 6.29. The van der Waals surface area contributed by atoms with Crippen LogP contribution < -0.4 is 5.32 Å². The first-order chi connectivity index (χ1) is 13.0. The summed E-state index contributed by atoms with van der Waals surface area (Å²) in [6.07, 6.45) is 4.95. The van der Waals surface area contributed by atoms with Crippen LogP contribution in [0.4, 0.5) is 5.69 Å². The van der Waals surface area contributed by atoms with Crippen LogP contribution in [0, 0.1) is 6.92 Å². The van der Waals surface area contributed by atoms with Gasteiger partial charge in [-0.15, -0.1) is 0 Å². The summed E-state index contributed by atoms with van der Waals surface area (Å²) < 4.78 is 5.94. The van der Waals surface area contributed by atoms with Gasteiger partial charge >= 0.3 is 0 Å². The molecule has 27 heavy (non-hydrogen) atoms. The minimum Gasteiger partial charge on any atom is -0.376 e. The van der Waals surface area contributed by atoms with E-state index in [2.05, 4.69) is 61.1 Å². The maximum absolute atomic E-state index is 5.94. The van der Waals surface area contributed by atoms with Gasteiger partial charge in [0, 0.05) is 24.9 Å². The summed E-state index contributed by atoms with van der Waals surface area (Å²) in [6.45, 7) is 10.7. The molecule has 5 heteroatoms. The molecule has 0 saturated carbocycles. The Hall–Kier alpha value is -1.17. The number of thiocarbonyl (C=S) groups is 1. The number of benzene rings is 1. The fraction of sp³-hybridized carbons (Fsp3) is 0.682. The molecular weight excluding hydrogens is 354 g/mol. The number of hydrogen-bond acceptors (Lipinski definition) is 3. The van der Waals surface area contributed by atoms with Crippen LogP contribution in [0.25, 0.3) is 0 Å². The Morgan fingerprint density at radius 2 is 2.04 bits per heavy atom. The van der Waals surface area contributed by atoms with Crippen LogP contribution in [0.2, 0.25) is 0 Å². The van der Waals surface area contributed by atoms with E-state index in [1.54, 1.807) is 0 Å². The smallest absolute Gasteiger partial charge is 0.173 e. The van der Waals surface area contributed by atoms with Gasteiger partial charge in [0.05, 0.1) is 6.10 Å². The molecule has 1 N–H and O–H groups in total. The molecule has 150 valence electrons. The minimum absolute atomic E-state index is 0.312. The van der Waals surface area contributed by atoms with Crippen LogP contribution in [0.15, 0.2) is 18.2 Å². The Labute approximate surface area is 170 Å². The highest BCUT2D eigenvalue weighted by atomic mass is 32.1. The van der Waals surface area contributed by atoms with Crippen LogP contribution >= 0.6 is 12.2 Å². The van der Waals surface area contributed by atoms with E-state index in [9.17, 15) is 0 Å². The van der Waals surface area contributed by atoms with Crippen molar-refractivity contribution in [1.82, 2.24) is 9.80 Å². The third-order valence-electron chi connectivity index (χ3n) is 5.96. The first-order valence-corrected chi connectivity index (χ1v) is 10.8. The second kappa shape index (κ2) is 9.35. The second-order valence-corrected chi connectivity index (χ2v) is 8.83. The van der Waals surface area contributed by atoms with E-state index < -0.39 is 0 Å². The minimum atomic E-state index is 0.312. The van der Waals surface area contributed by atoms with Gasteiger partial charge in [-0.25, -0.2) is 0 Å². The molecule has 0 spiro atoms. The van der Waals surface area contributed by atoms with Crippen LogP contribution in [-0.2, 0) is 4.74 Å². The molecule has 0 aliphatic carbocycles. The largest absolute Gasteiger partial charge is 0.376 e. The summed E-state index contributed by atoms with van der Waals surface area (Å²) in [6, 6.07) is 6.96. The third kappa shape index (κ3) is 5.21. The van der Waals surface area contributed by atoms with Crippen molar-refractivity contribution in [2.24, 2.45) is 0 Å². The van der Waals surface area contributed by atoms with Gasteiger partial charge in [0.1, 0.15) is 0 Å². The Morgan fingerprint density at radius 1 is 1.30 bits per heavy atom. The Bertz CT molecular complexity index is 634. The zero-order valence-electron chi connectivity index (χ0n) is 17.3. The molecule has 2 heterocycles. The summed E-state index contributed by atoms with van der Waals surface area (Å²) in [5.41, 5.74) is 3.84. The number of aryl methyl sites for hydroxylation is 1. The second-order valence-electron chi connectivity index (χ2n) is 8.44. The lowest BCUT2D eigenvalue weighted by Gasteiger charge is -2.40. The SMILES string of the molecule is Cc1cccc(NC(=S)N(CC2CCCO2)C2CCN(C)CC2)c1C(C)C. The molecule has 1 atom stereocenters.